The molecule has 138 valence electrons. The number of aryl methyl sites for hydroxylation is 3. The first kappa shape index (κ1) is 19.3. The number of ether oxygens (including phenoxy) is 1. The van der Waals surface area contributed by atoms with E-state index < -0.39 is 0 Å². The standard InChI is InChI=1S/C20H25N3O3/c1-13-11-14(2)19(15(3)12-13)23-18(24)9-10-21-20(25)22-16-5-7-17(26-4)8-6-16/h5-8,11-12H,9-10H2,1-4H3,(H,23,24)(H2,21,22,25). The highest BCUT2D eigenvalue weighted by Gasteiger charge is 2.09. The quantitative estimate of drug-likeness (QED) is 0.738. The molecule has 3 amide bonds. The van der Waals surface area contributed by atoms with E-state index >= 15 is 0 Å². The molecule has 0 bridgehead atoms. The molecule has 6 heteroatoms. The molecule has 0 saturated carbocycles. The van der Waals surface area contributed by atoms with Crippen LogP contribution in [0, 0.1) is 20.8 Å². The van der Waals surface area contributed by atoms with Crippen LogP contribution in [0.1, 0.15) is 23.1 Å². The number of nitrogens with one attached hydrogen (secondary N) is 3. The number of carbonyl (C=O) groups is 2. The van der Waals surface area contributed by atoms with Crippen LogP contribution in [-0.4, -0.2) is 25.6 Å². The number of anilines is 2. The number of hydrogen-bond donors (Lipinski definition) is 3. The van der Waals surface area contributed by atoms with Gasteiger partial charge in [-0.2, -0.15) is 0 Å². The van der Waals surface area contributed by atoms with Crippen LogP contribution >= 0.6 is 0 Å². The minimum atomic E-state index is -0.356. The summed E-state index contributed by atoms with van der Waals surface area (Å²) in [7, 11) is 1.58. The van der Waals surface area contributed by atoms with E-state index in [2.05, 4.69) is 16.0 Å². The molecular weight excluding hydrogens is 330 g/mol. The second-order valence-corrected chi connectivity index (χ2v) is 6.18. The second kappa shape index (κ2) is 8.89. The van der Waals surface area contributed by atoms with E-state index in [-0.39, 0.29) is 24.9 Å². The van der Waals surface area contributed by atoms with Gasteiger partial charge in [0.1, 0.15) is 5.75 Å². The van der Waals surface area contributed by atoms with Gasteiger partial charge in [0.25, 0.3) is 0 Å². The fraction of sp³-hybridized carbons (Fsp3) is 0.300. The molecule has 0 aliphatic rings. The molecule has 0 aliphatic heterocycles. The number of carbonyl (C=O) groups excluding carboxylic acids is 2. The van der Waals surface area contributed by atoms with Gasteiger partial charge in [0.15, 0.2) is 0 Å². The third kappa shape index (κ3) is 5.51. The number of methoxy groups -OCH3 is 1. The van der Waals surface area contributed by atoms with Crippen molar-refractivity contribution in [1.29, 1.82) is 0 Å². The predicted octanol–water partition coefficient (Wildman–Crippen LogP) is 3.77. The van der Waals surface area contributed by atoms with Crippen LogP contribution in [0.25, 0.3) is 0 Å². The third-order valence-corrected chi connectivity index (χ3v) is 3.93. The van der Waals surface area contributed by atoms with Crippen LogP contribution in [0.3, 0.4) is 0 Å². The molecule has 6 nitrogen and oxygen atoms in total. The van der Waals surface area contributed by atoms with Crippen molar-refractivity contribution in [2.45, 2.75) is 27.2 Å². The number of urea groups is 1. The number of rotatable bonds is 6. The highest BCUT2D eigenvalue weighted by atomic mass is 16.5. The lowest BCUT2D eigenvalue weighted by atomic mass is 10.1. The van der Waals surface area contributed by atoms with Crippen molar-refractivity contribution in [3.8, 4) is 5.75 Å². The summed E-state index contributed by atoms with van der Waals surface area (Å²) in [5, 5.41) is 8.29. The summed E-state index contributed by atoms with van der Waals surface area (Å²) < 4.78 is 5.06. The van der Waals surface area contributed by atoms with Crippen molar-refractivity contribution in [3.05, 3.63) is 53.1 Å². The molecule has 3 N–H and O–H groups in total. The van der Waals surface area contributed by atoms with Gasteiger partial charge in [-0.1, -0.05) is 17.7 Å². The third-order valence-electron chi connectivity index (χ3n) is 3.93. The first-order chi connectivity index (χ1) is 12.4. The summed E-state index contributed by atoms with van der Waals surface area (Å²) in [4.78, 5) is 24.0. The summed E-state index contributed by atoms with van der Waals surface area (Å²) in [6.07, 6.45) is 0.197. The van der Waals surface area contributed by atoms with Crippen molar-refractivity contribution in [2.75, 3.05) is 24.3 Å². The van der Waals surface area contributed by atoms with Crippen LogP contribution < -0.4 is 20.7 Å². The monoisotopic (exact) mass is 355 g/mol. The molecule has 2 aromatic rings. The summed E-state index contributed by atoms with van der Waals surface area (Å²) in [6.45, 7) is 6.21. The van der Waals surface area contributed by atoms with Crippen molar-refractivity contribution >= 4 is 23.3 Å². The summed E-state index contributed by atoms with van der Waals surface area (Å²) >= 11 is 0. The zero-order valence-corrected chi connectivity index (χ0v) is 15.6. The number of amides is 3. The molecule has 0 radical (unpaired) electrons. The molecule has 26 heavy (non-hydrogen) atoms. The smallest absolute Gasteiger partial charge is 0.319 e. The molecule has 2 aromatic carbocycles. The molecular formula is C20H25N3O3. The topological polar surface area (TPSA) is 79.5 Å². The van der Waals surface area contributed by atoms with Gasteiger partial charge in [-0.05, 0) is 56.2 Å². The molecule has 0 spiro atoms. The molecule has 0 atom stereocenters. The van der Waals surface area contributed by atoms with Crippen molar-refractivity contribution in [1.82, 2.24) is 5.32 Å². The average Bonchev–Trinajstić information content (AvgIpc) is 2.58. The van der Waals surface area contributed by atoms with E-state index in [4.69, 9.17) is 4.74 Å². The molecule has 0 aromatic heterocycles. The van der Waals surface area contributed by atoms with Gasteiger partial charge in [0, 0.05) is 24.3 Å². The molecule has 0 aliphatic carbocycles. The van der Waals surface area contributed by atoms with E-state index in [0.717, 1.165) is 22.4 Å². The Morgan fingerprint density at radius 1 is 0.962 bits per heavy atom. The predicted molar refractivity (Wildman–Crippen MR) is 104 cm³/mol. The van der Waals surface area contributed by atoms with E-state index in [1.54, 1.807) is 31.4 Å². The Balaban J connectivity index is 1.78. The Hall–Kier alpha value is -3.02. The highest BCUT2D eigenvalue weighted by molar-refractivity contribution is 5.93. The first-order valence-electron chi connectivity index (χ1n) is 8.45. The van der Waals surface area contributed by atoms with Gasteiger partial charge < -0.3 is 20.7 Å². The lowest BCUT2D eigenvalue weighted by molar-refractivity contribution is -0.116. The first-order valence-corrected chi connectivity index (χ1v) is 8.45. The Bertz CT molecular complexity index is 762. The Morgan fingerprint density at radius 2 is 1.58 bits per heavy atom. The normalized spacial score (nSPS) is 10.2. The van der Waals surface area contributed by atoms with Gasteiger partial charge in [0.05, 0.1) is 7.11 Å². The maximum Gasteiger partial charge on any atom is 0.319 e. The van der Waals surface area contributed by atoms with Gasteiger partial charge >= 0.3 is 6.03 Å². The van der Waals surface area contributed by atoms with E-state index in [9.17, 15) is 9.59 Å². The van der Waals surface area contributed by atoms with Crippen molar-refractivity contribution in [2.24, 2.45) is 0 Å². The van der Waals surface area contributed by atoms with Crippen LogP contribution in [0.15, 0.2) is 36.4 Å². The Labute approximate surface area is 153 Å². The lowest BCUT2D eigenvalue weighted by Gasteiger charge is -2.13. The van der Waals surface area contributed by atoms with E-state index in [1.807, 2.05) is 32.9 Å². The maximum atomic E-state index is 12.1. The minimum absolute atomic E-state index is 0.134. The Kier molecular flexibility index (Phi) is 6.60. The number of benzene rings is 2. The van der Waals surface area contributed by atoms with Gasteiger partial charge in [-0.3, -0.25) is 4.79 Å². The van der Waals surface area contributed by atoms with Crippen molar-refractivity contribution < 1.29 is 14.3 Å². The largest absolute Gasteiger partial charge is 0.497 e. The number of hydrogen-bond acceptors (Lipinski definition) is 3. The van der Waals surface area contributed by atoms with Crippen LogP contribution in [0.4, 0.5) is 16.2 Å². The zero-order valence-electron chi connectivity index (χ0n) is 15.6. The average molecular weight is 355 g/mol. The molecule has 0 saturated heterocycles. The fourth-order valence-corrected chi connectivity index (χ4v) is 2.72. The highest BCUT2D eigenvalue weighted by Crippen LogP contribution is 2.22. The van der Waals surface area contributed by atoms with Gasteiger partial charge in [0.2, 0.25) is 5.91 Å². The summed E-state index contributed by atoms with van der Waals surface area (Å²) in [5.41, 5.74) is 4.71. The van der Waals surface area contributed by atoms with Gasteiger partial charge in [-0.15, -0.1) is 0 Å². The Morgan fingerprint density at radius 3 is 2.15 bits per heavy atom. The zero-order chi connectivity index (χ0) is 19.1. The summed E-state index contributed by atoms with van der Waals surface area (Å²) in [6, 6.07) is 10.7. The van der Waals surface area contributed by atoms with E-state index in [1.165, 1.54) is 0 Å². The molecule has 0 heterocycles. The van der Waals surface area contributed by atoms with Crippen LogP contribution in [-0.2, 0) is 4.79 Å². The maximum absolute atomic E-state index is 12.1. The van der Waals surface area contributed by atoms with Crippen molar-refractivity contribution in [3.63, 3.8) is 0 Å². The lowest BCUT2D eigenvalue weighted by Crippen LogP contribution is -2.31. The van der Waals surface area contributed by atoms with Crippen LogP contribution in [0.5, 0.6) is 5.75 Å². The SMILES string of the molecule is COc1ccc(NC(=O)NCCC(=O)Nc2c(C)cc(C)cc2C)cc1. The summed E-state index contributed by atoms with van der Waals surface area (Å²) in [5.74, 6) is 0.583. The second-order valence-electron chi connectivity index (χ2n) is 6.18. The molecule has 0 unspecified atom stereocenters. The van der Waals surface area contributed by atoms with E-state index in [0.29, 0.717) is 11.4 Å². The van der Waals surface area contributed by atoms with Crippen LogP contribution in [0.2, 0.25) is 0 Å². The fourth-order valence-electron chi connectivity index (χ4n) is 2.72. The minimum Gasteiger partial charge on any atom is -0.497 e. The van der Waals surface area contributed by atoms with Gasteiger partial charge in [-0.25, -0.2) is 4.79 Å². The molecule has 2 rings (SSSR count). The molecule has 0 fully saturated rings.